The second-order valence-electron chi connectivity index (χ2n) is 17.4. The molecule has 20 nitrogen and oxygen atoms in total. The lowest BCUT2D eigenvalue weighted by atomic mass is 9.96. The monoisotopic (exact) mass is 963 g/mol. The minimum Gasteiger partial charge on any atom is -0.502 e. The van der Waals surface area contributed by atoms with Crippen LogP contribution in [0.15, 0.2) is 103 Å². The second-order valence-corrected chi connectivity index (χ2v) is 17.4. The van der Waals surface area contributed by atoms with E-state index in [9.17, 15) is 53.9 Å². The fourth-order valence-electron chi connectivity index (χ4n) is 8.23. The van der Waals surface area contributed by atoms with Crippen LogP contribution in [0.2, 0.25) is 0 Å². The van der Waals surface area contributed by atoms with Gasteiger partial charge in [0.1, 0.15) is 30.2 Å². The Hall–Kier alpha value is -7.87. The van der Waals surface area contributed by atoms with Crippen LogP contribution in [0.4, 0.5) is 11.4 Å². The number of nitrogen functional groups attached to an aromatic ring is 1. The molecule has 0 aromatic heterocycles. The SMILES string of the molecule is CC[C@H](C)[C@H](NCc1ccccc1N)C(=O)N[C@@H](Cc1ccccc1)C(=O)N[C@@H](Cc1ccccc1)C(=O)N1CCC[C@H]1C(=O)N[C@@H](Cc1ccc(O)c([N+](=O)[O-])c1)C(=O)N[C@@H](CCC(=O)O)C(N)=O. The third-order valence-corrected chi connectivity index (χ3v) is 12.3. The number of aromatic hydroxyl groups is 1. The number of carboxylic acids is 1. The van der Waals surface area contributed by atoms with Crippen molar-refractivity contribution in [1.29, 1.82) is 0 Å². The number of likely N-dealkylation sites (tertiary alicyclic amines) is 1. The van der Waals surface area contributed by atoms with Crippen molar-refractivity contribution in [2.24, 2.45) is 11.7 Å². The molecular weight excluding hydrogens is 903 g/mol. The lowest BCUT2D eigenvalue weighted by Crippen LogP contribution is -2.60. The zero-order chi connectivity index (χ0) is 50.9. The smallest absolute Gasteiger partial charge is 0.310 e. The minimum atomic E-state index is -1.55. The fraction of sp³-hybridized carbons (Fsp3) is 0.380. The van der Waals surface area contributed by atoms with Crippen LogP contribution >= 0.6 is 0 Å². The highest BCUT2D eigenvalue weighted by Gasteiger charge is 2.40. The summed E-state index contributed by atoms with van der Waals surface area (Å²) in [6.07, 6.45) is -0.137. The van der Waals surface area contributed by atoms with Gasteiger partial charge in [-0.05, 0) is 59.6 Å². The number of anilines is 1. The van der Waals surface area contributed by atoms with E-state index < -0.39 is 107 Å². The van der Waals surface area contributed by atoms with Gasteiger partial charge in [0.05, 0.1) is 11.0 Å². The topological polar surface area (TPSA) is 319 Å². The molecule has 11 N–H and O–H groups in total. The van der Waals surface area contributed by atoms with Gasteiger partial charge < -0.3 is 53.2 Å². The molecule has 1 saturated heterocycles. The number of hydrogen-bond acceptors (Lipinski definition) is 12. The van der Waals surface area contributed by atoms with Crippen LogP contribution in [0.5, 0.6) is 5.75 Å². The molecule has 372 valence electrons. The van der Waals surface area contributed by atoms with Crippen molar-refractivity contribution in [2.75, 3.05) is 12.3 Å². The van der Waals surface area contributed by atoms with E-state index in [0.29, 0.717) is 24.1 Å². The molecule has 4 aromatic rings. The molecule has 5 rings (SSSR count). The van der Waals surface area contributed by atoms with Gasteiger partial charge in [0.2, 0.25) is 35.4 Å². The molecule has 0 saturated carbocycles. The molecule has 0 radical (unpaired) electrons. The van der Waals surface area contributed by atoms with Crippen LogP contribution in [0.1, 0.15) is 68.2 Å². The summed E-state index contributed by atoms with van der Waals surface area (Å²) in [5, 5.41) is 45.1. The van der Waals surface area contributed by atoms with Gasteiger partial charge in [-0.15, -0.1) is 0 Å². The summed E-state index contributed by atoms with van der Waals surface area (Å²) >= 11 is 0. The number of nitrogens with one attached hydrogen (secondary N) is 5. The molecule has 1 fully saturated rings. The van der Waals surface area contributed by atoms with Gasteiger partial charge in [-0.25, -0.2) is 0 Å². The summed E-state index contributed by atoms with van der Waals surface area (Å²) in [4.78, 5) is 108. The van der Waals surface area contributed by atoms with Crippen LogP contribution in [0.25, 0.3) is 0 Å². The van der Waals surface area contributed by atoms with Crippen molar-refractivity contribution < 1.29 is 48.7 Å². The molecule has 0 spiro atoms. The first-order valence-electron chi connectivity index (χ1n) is 23.1. The van der Waals surface area contributed by atoms with Crippen molar-refractivity contribution in [3.05, 3.63) is 135 Å². The molecule has 70 heavy (non-hydrogen) atoms. The first kappa shape index (κ1) is 53.1. The number of nitrogens with two attached hydrogens (primary N) is 2. The molecule has 0 bridgehead atoms. The number of rotatable bonds is 25. The van der Waals surface area contributed by atoms with E-state index in [1.807, 2.05) is 50.2 Å². The average Bonchev–Trinajstić information content (AvgIpc) is 3.84. The molecule has 4 aromatic carbocycles. The van der Waals surface area contributed by atoms with Gasteiger partial charge in [0.25, 0.3) is 0 Å². The number of hydrogen-bond donors (Lipinski definition) is 9. The number of aliphatic carboxylic acids is 1. The Morgan fingerprint density at radius 2 is 1.31 bits per heavy atom. The number of phenols is 1. The Kier molecular flexibility index (Phi) is 19.3. The fourth-order valence-corrected chi connectivity index (χ4v) is 8.23. The maximum atomic E-state index is 14.8. The Morgan fingerprint density at radius 3 is 1.90 bits per heavy atom. The van der Waals surface area contributed by atoms with Crippen molar-refractivity contribution in [1.82, 2.24) is 31.5 Å². The van der Waals surface area contributed by atoms with E-state index in [0.717, 1.165) is 23.3 Å². The molecular formula is C50H61N9O11. The molecule has 1 heterocycles. The average molecular weight is 964 g/mol. The number of para-hydroxylation sites is 1. The highest BCUT2D eigenvalue weighted by atomic mass is 16.6. The van der Waals surface area contributed by atoms with Crippen LogP contribution < -0.4 is 38.1 Å². The van der Waals surface area contributed by atoms with Crippen molar-refractivity contribution >= 4 is 52.8 Å². The quantitative estimate of drug-likeness (QED) is 0.0262. The number of nitro groups is 1. The Balaban J connectivity index is 1.42. The third kappa shape index (κ3) is 15.1. The maximum absolute atomic E-state index is 14.8. The lowest BCUT2D eigenvalue weighted by Gasteiger charge is -2.31. The van der Waals surface area contributed by atoms with Gasteiger partial charge >= 0.3 is 11.7 Å². The highest BCUT2D eigenvalue weighted by Crippen LogP contribution is 2.27. The van der Waals surface area contributed by atoms with Crippen molar-refractivity contribution in [3.63, 3.8) is 0 Å². The first-order valence-corrected chi connectivity index (χ1v) is 23.1. The number of carbonyl (C=O) groups is 7. The van der Waals surface area contributed by atoms with E-state index in [1.165, 1.54) is 11.0 Å². The molecule has 6 amide bonds. The number of amides is 6. The highest BCUT2D eigenvalue weighted by molar-refractivity contribution is 5.97. The van der Waals surface area contributed by atoms with Crippen LogP contribution in [-0.4, -0.2) is 104 Å². The predicted molar refractivity (Wildman–Crippen MR) is 258 cm³/mol. The maximum Gasteiger partial charge on any atom is 0.310 e. The normalized spacial score (nSPS) is 15.8. The van der Waals surface area contributed by atoms with Crippen LogP contribution in [0, 0.1) is 16.0 Å². The number of phenolic OH excluding ortho intramolecular Hbond substituents is 1. The summed E-state index contributed by atoms with van der Waals surface area (Å²) < 4.78 is 0. The minimum absolute atomic E-state index is 0.00663. The van der Waals surface area contributed by atoms with E-state index in [4.69, 9.17) is 11.5 Å². The largest absolute Gasteiger partial charge is 0.502 e. The Morgan fingerprint density at radius 1 is 0.757 bits per heavy atom. The molecule has 0 unspecified atom stereocenters. The zero-order valence-electron chi connectivity index (χ0n) is 39.0. The lowest BCUT2D eigenvalue weighted by molar-refractivity contribution is -0.385. The van der Waals surface area contributed by atoms with Gasteiger partial charge in [-0.3, -0.25) is 43.7 Å². The van der Waals surface area contributed by atoms with Crippen molar-refractivity contribution in [2.45, 2.75) is 108 Å². The zero-order valence-corrected chi connectivity index (χ0v) is 39.0. The molecule has 1 aliphatic heterocycles. The Labute approximate surface area is 405 Å². The van der Waals surface area contributed by atoms with Crippen LogP contribution in [0.3, 0.4) is 0 Å². The van der Waals surface area contributed by atoms with E-state index in [2.05, 4.69) is 26.6 Å². The second kappa shape index (κ2) is 25.5. The number of nitro benzene ring substituents is 1. The van der Waals surface area contributed by atoms with Gasteiger partial charge in [0.15, 0.2) is 5.75 Å². The summed E-state index contributed by atoms with van der Waals surface area (Å²) in [5.74, 6) is -6.64. The number of benzene rings is 4. The molecule has 7 atom stereocenters. The number of primary amides is 1. The van der Waals surface area contributed by atoms with Gasteiger partial charge in [0, 0.05) is 50.5 Å². The summed E-state index contributed by atoms with van der Waals surface area (Å²) in [7, 11) is 0. The number of nitrogens with zero attached hydrogens (tertiary/aromatic N) is 2. The molecule has 0 aliphatic carbocycles. The molecule has 20 heteroatoms. The van der Waals surface area contributed by atoms with E-state index >= 15 is 0 Å². The van der Waals surface area contributed by atoms with E-state index in [1.54, 1.807) is 48.5 Å². The first-order chi connectivity index (χ1) is 33.4. The summed E-state index contributed by atoms with van der Waals surface area (Å²) in [6, 6.07) is 21.2. The number of carboxylic acid groups (broad SMARTS) is 1. The van der Waals surface area contributed by atoms with Gasteiger partial charge in [-0.1, -0.05) is 105 Å². The van der Waals surface area contributed by atoms with Gasteiger partial charge in [-0.2, -0.15) is 0 Å². The molecule has 1 aliphatic rings. The third-order valence-electron chi connectivity index (χ3n) is 12.3. The Bertz CT molecular complexity index is 2490. The van der Waals surface area contributed by atoms with Crippen LogP contribution in [-0.2, 0) is 59.4 Å². The standard InChI is InChI=1S/C50H61N9O11/c1-3-30(2)44(53-29-34-17-10-11-18-35(34)51)49(67)56-37(25-31-13-6-4-7-14-31)47(65)57-39(26-32-15-8-5-9-16-32)50(68)58-24-12-19-40(58)48(66)55-38(27-33-20-22-42(60)41(28-33)59(69)70)46(64)54-36(45(52)63)21-23-43(61)62/h4-11,13-18,20,22,28,30,36-40,44,53,60H,3,12,19,21,23-27,29,51H2,1-2H3,(H2,52,63)(H,54,64)(H,55,66)(H,56,67)(H,57,65)(H,61,62)/t30-,36-,37-,38-,39-,40-,44-/m0/s1. The summed E-state index contributed by atoms with van der Waals surface area (Å²) in [6.45, 7) is 4.24. The van der Waals surface area contributed by atoms with Crippen molar-refractivity contribution in [3.8, 4) is 5.75 Å². The number of carbonyl (C=O) groups excluding carboxylic acids is 6. The summed E-state index contributed by atoms with van der Waals surface area (Å²) in [5.41, 5.74) is 13.9. The predicted octanol–water partition coefficient (Wildman–Crippen LogP) is 2.40. The van der Waals surface area contributed by atoms with E-state index in [-0.39, 0.29) is 50.3 Å².